The fourth-order valence-corrected chi connectivity index (χ4v) is 2.48. The molecule has 1 atom stereocenters. The van der Waals surface area contributed by atoms with Gasteiger partial charge >= 0.3 is 0 Å². The Bertz CT molecular complexity index is 638. The van der Waals surface area contributed by atoms with Gasteiger partial charge in [-0.1, -0.05) is 0 Å². The van der Waals surface area contributed by atoms with Gasteiger partial charge in [0.05, 0.1) is 11.6 Å². The third kappa shape index (κ3) is 2.23. The lowest BCUT2D eigenvalue weighted by Gasteiger charge is -2.18. The van der Waals surface area contributed by atoms with Crippen LogP contribution < -0.4 is 21.5 Å². The first-order valence-corrected chi connectivity index (χ1v) is 6.37. The molecule has 0 aliphatic carbocycles. The maximum absolute atomic E-state index is 11.1. The number of carbonyl (C=O) groups is 1. The molecule has 1 aliphatic rings. The van der Waals surface area contributed by atoms with E-state index in [-0.39, 0.29) is 11.9 Å². The number of hydrogen-bond donors (Lipinski definition) is 4. The molecule has 1 saturated heterocycles. The molecule has 1 aliphatic heterocycles. The van der Waals surface area contributed by atoms with E-state index in [2.05, 4.69) is 35.8 Å². The van der Waals surface area contributed by atoms with E-state index in [0.29, 0.717) is 18.1 Å². The number of H-pyrrole nitrogens is 1. The van der Waals surface area contributed by atoms with Crippen LogP contribution in [-0.4, -0.2) is 45.2 Å². The molecule has 9 heteroatoms. The minimum atomic E-state index is -0.0164. The van der Waals surface area contributed by atoms with Gasteiger partial charge in [-0.3, -0.25) is 15.3 Å². The van der Waals surface area contributed by atoms with Gasteiger partial charge in [0, 0.05) is 26.1 Å². The zero-order valence-corrected chi connectivity index (χ0v) is 11.1. The average molecular weight is 276 g/mol. The molecule has 1 unspecified atom stereocenters. The second kappa shape index (κ2) is 4.93. The summed E-state index contributed by atoms with van der Waals surface area (Å²) in [4.78, 5) is 21.8. The first-order chi connectivity index (χ1) is 9.67. The molecule has 0 radical (unpaired) electrons. The molecule has 2 aromatic heterocycles. The van der Waals surface area contributed by atoms with E-state index in [0.717, 1.165) is 24.2 Å². The average Bonchev–Trinajstić information content (AvgIpc) is 3.05. The third-order valence-electron chi connectivity index (χ3n) is 3.31. The molecule has 0 spiro atoms. The van der Waals surface area contributed by atoms with Crippen LogP contribution in [0.15, 0.2) is 6.20 Å². The van der Waals surface area contributed by atoms with Crippen molar-refractivity contribution in [2.75, 3.05) is 23.4 Å². The Labute approximate surface area is 114 Å². The number of nitrogens with two attached hydrogens (primary N) is 1. The van der Waals surface area contributed by atoms with E-state index in [1.54, 1.807) is 6.20 Å². The maximum Gasteiger partial charge on any atom is 0.241 e. The van der Waals surface area contributed by atoms with Crippen molar-refractivity contribution in [2.45, 2.75) is 19.4 Å². The zero-order valence-electron chi connectivity index (χ0n) is 11.1. The number of hydrogen-bond acceptors (Lipinski definition) is 7. The predicted octanol–water partition coefficient (Wildman–Crippen LogP) is -0.647. The van der Waals surface area contributed by atoms with Gasteiger partial charge in [0.1, 0.15) is 5.82 Å². The number of aromatic amines is 1. The summed E-state index contributed by atoms with van der Waals surface area (Å²) in [6.45, 7) is 3.05. The fraction of sp³-hybridized carbons (Fsp3) is 0.455. The quantitative estimate of drug-likeness (QED) is 0.434. The largest absolute Gasteiger partial charge is 0.354 e. The molecule has 0 saturated carbocycles. The Morgan fingerprint density at radius 1 is 1.55 bits per heavy atom. The van der Waals surface area contributed by atoms with E-state index in [1.165, 1.54) is 6.92 Å². The molecular weight excluding hydrogens is 260 g/mol. The van der Waals surface area contributed by atoms with Crippen LogP contribution in [0.3, 0.4) is 0 Å². The minimum absolute atomic E-state index is 0.0164. The van der Waals surface area contributed by atoms with Crippen LogP contribution in [0.1, 0.15) is 13.3 Å². The number of carbonyl (C=O) groups excluding carboxylic acids is 1. The van der Waals surface area contributed by atoms with Crippen molar-refractivity contribution in [3.05, 3.63) is 6.20 Å². The summed E-state index contributed by atoms with van der Waals surface area (Å²) in [5.74, 6) is 6.47. The number of anilines is 2. The molecule has 2 aromatic rings. The SMILES string of the molecule is CC(=O)NC1CCN(c2nc(NN)nc3[nH]ncc23)C1. The van der Waals surface area contributed by atoms with Crippen LogP contribution in [0.4, 0.5) is 11.8 Å². The summed E-state index contributed by atoms with van der Waals surface area (Å²) in [5, 5.41) is 10.6. The van der Waals surface area contributed by atoms with Crippen LogP contribution in [0.5, 0.6) is 0 Å². The highest BCUT2D eigenvalue weighted by atomic mass is 16.1. The van der Waals surface area contributed by atoms with E-state index in [1.807, 2.05) is 0 Å². The molecule has 1 amide bonds. The van der Waals surface area contributed by atoms with Gasteiger partial charge in [-0.05, 0) is 6.42 Å². The molecule has 20 heavy (non-hydrogen) atoms. The summed E-state index contributed by atoms with van der Waals surface area (Å²) in [7, 11) is 0. The molecule has 3 rings (SSSR count). The van der Waals surface area contributed by atoms with Crippen molar-refractivity contribution < 1.29 is 4.79 Å². The highest BCUT2D eigenvalue weighted by molar-refractivity contribution is 5.87. The van der Waals surface area contributed by atoms with Gasteiger partial charge in [-0.25, -0.2) is 5.84 Å². The minimum Gasteiger partial charge on any atom is -0.354 e. The van der Waals surface area contributed by atoms with E-state index < -0.39 is 0 Å². The standard InChI is InChI=1S/C11H16N8O/c1-6(20)14-7-2-3-19(5-7)10-8-4-13-18-9(8)15-11(16-10)17-12/h4,7H,2-3,5,12H2,1H3,(H,14,20)(H2,13,15,16,17,18). The number of nitrogens with one attached hydrogen (secondary N) is 3. The Balaban J connectivity index is 1.90. The van der Waals surface area contributed by atoms with Crippen LogP contribution >= 0.6 is 0 Å². The number of nitrogens with zero attached hydrogens (tertiary/aromatic N) is 4. The van der Waals surface area contributed by atoms with Crippen LogP contribution in [0.25, 0.3) is 11.0 Å². The zero-order chi connectivity index (χ0) is 14.1. The number of rotatable bonds is 3. The summed E-state index contributed by atoms with van der Waals surface area (Å²) in [5.41, 5.74) is 3.08. The Hall–Kier alpha value is -2.42. The Kier molecular flexibility index (Phi) is 3.11. The molecule has 0 aromatic carbocycles. The first kappa shape index (κ1) is 12.6. The van der Waals surface area contributed by atoms with Crippen molar-refractivity contribution in [2.24, 2.45) is 5.84 Å². The van der Waals surface area contributed by atoms with Crippen molar-refractivity contribution in [3.63, 3.8) is 0 Å². The summed E-state index contributed by atoms with van der Waals surface area (Å²) < 4.78 is 0. The lowest BCUT2D eigenvalue weighted by Crippen LogP contribution is -2.35. The number of amides is 1. The lowest BCUT2D eigenvalue weighted by molar-refractivity contribution is -0.119. The molecule has 5 N–H and O–H groups in total. The Morgan fingerprint density at radius 3 is 3.15 bits per heavy atom. The van der Waals surface area contributed by atoms with Crippen molar-refractivity contribution >= 4 is 28.7 Å². The van der Waals surface area contributed by atoms with E-state index in [9.17, 15) is 4.79 Å². The molecular formula is C11H16N8O. The lowest BCUT2D eigenvalue weighted by atomic mass is 10.2. The van der Waals surface area contributed by atoms with Gasteiger partial charge in [0.15, 0.2) is 5.65 Å². The third-order valence-corrected chi connectivity index (χ3v) is 3.31. The number of fused-ring (bicyclic) bond motifs is 1. The number of nitrogen functional groups attached to an aromatic ring is 1. The second-order valence-electron chi connectivity index (χ2n) is 4.78. The first-order valence-electron chi connectivity index (χ1n) is 6.37. The van der Waals surface area contributed by atoms with Gasteiger partial charge < -0.3 is 10.2 Å². The molecule has 1 fully saturated rings. The van der Waals surface area contributed by atoms with E-state index in [4.69, 9.17) is 5.84 Å². The summed E-state index contributed by atoms with van der Waals surface area (Å²) in [6.07, 6.45) is 2.57. The van der Waals surface area contributed by atoms with E-state index >= 15 is 0 Å². The summed E-state index contributed by atoms with van der Waals surface area (Å²) >= 11 is 0. The maximum atomic E-state index is 11.1. The number of hydrazine groups is 1. The van der Waals surface area contributed by atoms with Gasteiger partial charge in [-0.2, -0.15) is 15.1 Å². The topological polar surface area (TPSA) is 125 Å². The highest BCUT2D eigenvalue weighted by Gasteiger charge is 2.26. The monoisotopic (exact) mass is 276 g/mol. The molecule has 0 bridgehead atoms. The van der Waals surface area contributed by atoms with Gasteiger partial charge in [0.25, 0.3) is 0 Å². The van der Waals surface area contributed by atoms with Crippen molar-refractivity contribution in [3.8, 4) is 0 Å². The Morgan fingerprint density at radius 2 is 2.40 bits per heavy atom. The fourth-order valence-electron chi connectivity index (χ4n) is 2.48. The van der Waals surface area contributed by atoms with Crippen LogP contribution in [0.2, 0.25) is 0 Å². The van der Waals surface area contributed by atoms with Gasteiger partial charge in [0.2, 0.25) is 11.9 Å². The molecule has 9 nitrogen and oxygen atoms in total. The summed E-state index contributed by atoms with van der Waals surface area (Å²) in [6, 6.07) is 0.138. The number of aromatic nitrogens is 4. The van der Waals surface area contributed by atoms with Crippen LogP contribution in [0, 0.1) is 0 Å². The van der Waals surface area contributed by atoms with Crippen molar-refractivity contribution in [1.82, 2.24) is 25.5 Å². The highest BCUT2D eigenvalue weighted by Crippen LogP contribution is 2.26. The van der Waals surface area contributed by atoms with Crippen molar-refractivity contribution in [1.29, 1.82) is 0 Å². The molecule has 106 valence electrons. The van der Waals surface area contributed by atoms with Crippen LogP contribution in [-0.2, 0) is 4.79 Å². The normalized spacial score (nSPS) is 18.5. The smallest absolute Gasteiger partial charge is 0.241 e. The predicted molar refractivity (Wildman–Crippen MR) is 73.9 cm³/mol. The molecule has 3 heterocycles. The second-order valence-corrected chi connectivity index (χ2v) is 4.78. The van der Waals surface area contributed by atoms with Gasteiger partial charge in [-0.15, -0.1) is 0 Å².